The second-order valence-corrected chi connectivity index (χ2v) is 7.50. The number of carbonyl (C=O) groups is 1. The van der Waals surface area contributed by atoms with Crippen molar-refractivity contribution >= 4 is 11.5 Å². The highest BCUT2D eigenvalue weighted by atomic mass is 19.1. The normalized spacial score (nSPS) is 11.7. The van der Waals surface area contributed by atoms with Gasteiger partial charge in [0.25, 0.3) is 0 Å². The number of likely N-dealkylation sites (N-methyl/N-ethyl adjacent to an activating group) is 1. The van der Waals surface area contributed by atoms with Gasteiger partial charge in [0.2, 0.25) is 0 Å². The fourth-order valence-corrected chi connectivity index (χ4v) is 2.46. The predicted octanol–water partition coefficient (Wildman–Crippen LogP) is 4.53. The summed E-state index contributed by atoms with van der Waals surface area (Å²) in [7, 11) is 1.84. The molecule has 0 aliphatic heterocycles. The molecule has 0 aliphatic carbocycles. The minimum atomic E-state index is -0.506. The standard InChI is InChI=1S/C24H26FNO2/c1-24(2,3)28-23(27)18-26(4)17-16-20(19-10-6-5-7-11-19)14-15-21-12-8-9-13-22(21)25/h5-13,16H,17-18H2,1-4H3. The summed E-state index contributed by atoms with van der Waals surface area (Å²) in [6, 6.07) is 16.1. The molecule has 2 rings (SSSR count). The smallest absolute Gasteiger partial charge is 0.320 e. The van der Waals surface area contributed by atoms with Gasteiger partial charge >= 0.3 is 5.97 Å². The van der Waals surface area contributed by atoms with E-state index in [-0.39, 0.29) is 18.3 Å². The SMILES string of the molecule is CN(CC=C(C#Cc1ccccc1F)c1ccccc1)CC(=O)OC(C)(C)C. The molecule has 0 saturated heterocycles. The Morgan fingerprint density at radius 1 is 1.11 bits per heavy atom. The van der Waals surface area contributed by atoms with Crippen molar-refractivity contribution in [1.29, 1.82) is 0 Å². The van der Waals surface area contributed by atoms with Gasteiger partial charge in [-0.3, -0.25) is 9.69 Å². The summed E-state index contributed by atoms with van der Waals surface area (Å²) in [5.74, 6) is 5.35. The minimum Gasteiger partial charge on any atom is -0.459 e. The van der Waals surface area contributed by atoms with Crippen LogP contribution in [0.5, 0.6) is 0 Å². The van der Waals surface area contributed by atoms with Crippen LogP contribution >= 0.6 is 0 Å². The molecule has 0 amide bonds. The van der Waals surface area contributed by atoms with Crippen LogP contribution in [0.15, 0.2) is 60.7 Å². The molecule has 0 unspecified atom stereocenters. The zero-order chi connectivity index (χ0) is 20.6. The van der Waals surface area contributed by atoms with Crippen LogP contribution in [-0.4, -0.2) is 36.6 Å². The van der Waals surface area contributed by atoms with Crippen LogP contribution in [0.1, 0.15) is 31.9 Å². The van der Waals surface area contributed by atoms with E-state index in [4.69, 9.17) is 4.74 Å². The van der Waals surface area contributed by atoms with Crippen molar-refractivity contribution < 1.29 is 13.9 Å². The fraction of sp³-hybridized carbons (Fsp3) is 0.292. The zero-order valence-electron chi connectivity index (χ0n) is 16.8. The van der Waals surface area contributed by atoms with Crippen LogP contribution in [0.25, 0.3) is 5.57 Å². The molecule has 146 valence electrons. The molecular formula is C24H26FNO2. The van der Waals surface area contributed by atoms with Gasteiger partial charge in [-0.15, -0.1) is 0 Å². The van der Waals surface area contributed by atoms with E-state index in [1.165, 1.54) is 6.07 Å². The van der Waals surface area contributed by atoms with Crippen molar-refractivity contribution in [3.8, 4) is 11.8 Å². The summed E-state index contributed by atoms with van der Waals surface area (Å²) in [4.78, 5) is 13.8. The average Bonchev–Trinajstić information content (AvgIpc) is 2.62. The average molecular weight is 379 g/mol. The molecule has 0 heterocycles. The van der Waals surface area contributed by atoms with Crippen molar-refractivity contribution in [3.63, 3.8) is 0 Å². The van der Waals surface area contributed by atoms with Gasteiger partial charge in [0.05, 0.1) is 12.1 Å². The molecule has 28 heavy (non-hydrogen) atoms. The third kappa shape index (κ3) is 7.38. The summed E-state index contributed by atoms with van der Waals surface area (Å²) in [6.07, 6.45) is 1.94. The maximum atomic E-state index is 13.9. The molecule has 4 heteroatoms. The van der Waals surface area contributed by atoms with Gasteiger partial charge in [0.15, 0.2) is 0 Å². The van der Waals surface area contributed by atoms with Crippen LogP contribution in [0, 0.1) is 17.7 Å². The van der Waals surface area contributed by atoms with Crippen molar-refractivity contribution in [3.05, 3.63) is 77.6 Å². The highest BCUT2D eigenvalue weighted by molar-refractivity contribution is 5.80. The monoisotopic (exact) mass is 379 g/mol. The van der Waals surface area contributed by atoms with E-state index in [1.807, 2.05) is 69.1 Å². The second-order valence-electron chi connectivity index (χ2n) is 7.50. The molecule has 0 aromatic heterocycles. The topological polar surface area (TPSA) is 29.5 Å². The summed E-state index contributed by atoms with van der Waals surface area (Å²) >= 11 is 0. The van der Waals surface area contributed by atoms with Gasteiger partial charge in [0.1, 0.15) is 11.4 Å². The van der Waals surface area contributed by atoms with E-state index in [2.05, 4.69) is 11.8 Å². The van der Waals surface area contributed by atoms with Crippen molar-refractivity contribution in [2.45, 2.75) is 26.4 Å². The highest BCUT2D eigenvalue weighted by Gasteiger charge is 2.17. The maximum absolute atomic E-state index is 13.9. The molecule has 2 aromatic rings. The highest BCUT2D eigenvalue weighted by Crippen LogP contribution is 2.14. The van der Waals surface area contributed by atoms with Gasteiger partial charge in [0, 0.05) is 12.1 Å². The number of hydrogen-bond acceptors (Lipinski definition) is 3. The van der Waals surface area contributed by atoms with E-state index in [0.29, 0.717) is 12.1 Å². The van der Waals surface area contributed by atoms with Gasteiger partial charge in [-0.1, -0.05) is 60.4 Å². The third-order valence-electron chi connectivity index (χ3n) is 3.72. The predicted molar refractivity (Wildman–Crippen MR) is 111 cm³/mol. The molecule has 2 aromatic carbocycles. The summed E-state index contributed by atoms with van der Waals surface area (Å²) in [6.45, 7) is 6.22. The zero-order valence-corrected chi connectivity index (χ0v) is 16.8. The lowest BCUT2D eigenvalue weighted by Crippen LogP contribution is -2.32. The number of allylic oxidation sites excluding steroid dienone is 1. The Balaban J connectivity index is 2.17. The first-order valence-corrected chi connectivity index (χ1v) is 9.17. The number of nitrogens with zero attached hydrogens (tertiary/aromatic N) is 1. The number of benzene rings is 2. The number of esters is 1. The molecule has 0 radical (unpaired) electrons. The van der Waals surface area contributed by atoms with E-state index >= 15 is 0 Å². The molecule has 0 N–H and O–H groups in total. The quantitative estimate of drug-likeness (QED) is 0.564. The Labute approximate surface area is 166 Å². The number of halogens is 1. The number of carbonyl (C=O) groups excluding carboxylic acids is 1. The summed E-state index contributed by atoms with van der Waals surface area (Å²) < 4.78 is 19.2. The first-order valence-electron chi connectivity index (χ1n) is 9.17. The Hall–Kier alpha value is -2.90. The molecule has 0 bridgehead atoms. The lowest BCUT2D eigenvalue weighted by molar-refractivity contribution is -0.155. The van der Waals surface area contributed by atoms with E-state index < -0.39 is 5.60 Å². The van der Waals surface area contributed by atoms with Crippen molar-refractivity contribution in [2.24, 2.45) is 0 Å². The molecule has 0 aliphatic rings. The third-order valence-corrected chi connectivity index (χ3v) is 3.72. The first-order chi connectivity index (χ1) is 13.2. The largest absolute Gasteiger partial charge is 0.459 e. The summed E-state index contributed by atoms with van der Waals surface area (Å²) in [5, 5.41) is 0. The molecule has 0 saturated carbocycles. The lowest BCUT2D eigenvalue weighted by atomic mass is 10.1. The second kappa shape index (κ2) is 9.87. The van der Waals surface area contributed by atoms with Gasteiger partial charge in [-0.25, -0.2) is 4.39 Å². The van der Waals surface area contributed by atoms with Crippen LogP contribution in [0.4, 0.5) is 4.39 Å². The molecular weight excluding hydrogens is 353 g/mol. The van der Waals surface area contributed by atoms with E-state index in [0.717, 1.165) is 11.1 Å². The van der Waals surface area contributed by atoms with Crippen LogP contribution in [0.2, 0.25) is 0 Å². The van der Waals surface area contributed by atoms with Gasteiger partial charge < -0.3 is 4.74 Å². The van der Waals surface area contributed by atoms with Crippen LogP contribution in [-0.2, 0) is 9.53 Å². The number of rotatable bonds is 5. The Bertz CT molecular complexity index is 886. The summed E-state index contributed by atoms with van der Waals surface area (Å²) in [5.41, 5.74) is 1.57. The fourth-order valence-electron chi connectivity index (χ4n) is 2.46. The Morgan fingerprint density at radius 2 is 1.75 bits per heavy atom. The van der Waals surface area contributed by atoms with E-state index in [1.54, 1.807) is 18.2 Å². The molecule has 3 nitrogen and oxygen atoms in total. The number of ether oxygens (including phenoxy) is 1. The molecule has 0 fully saturated rings. The van der Waals surface area contributed by atoms with Crippen LogP contribution < -0.4 is 0 Å². The molecule has 0 atom stereocenters. The first kappa shape index (κ1) is 21.4. The van der Waals surface area contributed by atoms with Crippen LogP contribution in [0.3, 0.4) is 0 Å². The van der Waals surface area contributed by atoms with Crippen molar-refractivity contribution in [2.75, 3.05) is 20.1 Å². The number of hydrogen-bond donors (Lipinski definition) is 0. The van der Waals surface area contributed by atoms with Gasteiger partial charge in [-0.2, -0.15) is 0 Å². The molecule has 0 spiro atoms. The van der Waals surface area contributed by atoms with E-state index in [9.17, 15) is 9.18 Å². The lowest BCUT2D eigenvalue weighted by Gasteiger charge is -2.22. The van der Waals surface area contributed by atoms with Gasteiger partial charge in [-0.05, 0) is 45.5 Å². The Kier molecular flexibility index (Phi) is 7.54. The minimum absolute atomic E-state index is 0.177. The van der Waals surface area contributed by atoms with Crippen molar-refractivity contribution in [1.82, 2.24) is 4.90 Å². The maximum Gasteiger partial charge on any atom is 0.320 e. The Morgan fingerprint density at radius 3 is 2.39 bits per heavy atom.